The maximum atomic E-state index is 4.17. The molecule has 1 heterocycles. The van der Waals surface area contributed by atoms with Crippen molar-refractivity contribution >= 4 is 0 Å². The fourth-order valence-electron chi connectivity index (χ4n) is 1.62. The summed E-state index contributed by atoms with van der Waals surface area (Å²) in [5, 5.41) is 8.30. The highest BCUT2D eigenvalue weighted by atomic mass is 15.4. The van der Waals surface area contributed by atoms with Crippen molar-refractivity contribution in [2.75, 3.05) is 0 Å². The number of hydrogen-bond acceptors (Lipinski definition) is 2. The van der Waals surface area contributed by atoms with E-state index >= 15 is 0 Å². The van der Waals surface area contributed by atoms with E-state index in [-0.39, 0.29) is 0 Å². The lowest BCUT2D eigenvalue weighted by atomic mass is 10.2. The summed E-state index contributed by atoms with van der Waals surface area (Å²) in [5.41, 5.74) is 1.15. The van der Waals surface area contributed by atoms with Gasteiger partial charge in [-0.3, -0.25) is 4.68 Å². The molecular weight excluding hydrogens is 258 g/mol. The first-order chi connectivity index (χ1) is 10.4. The predicted molar refractivity (Wildman–Crippen MR) is 96.8 cm³/mol. The molecule has 1 rings (SSSR count). The molecule has 0 bridgehead atoms. The summed E-state index contributed by atoms with van der Waals surface area (Å²) < 4.78 is 1.99. The minimum Gasteiger partial charge on any atom is -0.252 e. The van der Waals surface area contributed by atoms with Crippen molar-refractivity contribution < 1.29 is 0 Å². The van der Waals surface area contributed by atoms with Crippen molar-refractivity contribution in [3.63, 3.8) is 0 Å². The summed E-state index contributed by atoms with van der Waals surface area (Å²) in [6.07, 6.45) is 10.8. The Hall–Kier alpha value is -0.860. The van der Waals surface area contributed by atoms with Crippen LogP contribution >= 0.6 is 0 Å². The molecule has 3 heteroatoms. The minimum atomic E-state index is 1.03. The second-order valence-corrected chi connectivity index (χ2v) is 4.14. The lowest BCUT2D eigenvalue weighted by Gasteiger charge is -1.98. The zero-order valence-electron chi connectivity index (χ0n) is 16.1. The third-order valence-corrected chi connectivity index (χ3v) is 2.61. The zero-order chi connectivity index (χ0) is 16.9. The molecule has 0 spiro atoms. The second-order valence-electron chi connectivity index (χ2n) is 4.14. The lowest BCUT2D eigenvalue weighted by molar-refractivity contribution is 0.527. The van der Waals surface area contributed by atoms with Crippen LogP contribution in [0.1, 0.15) is 99.6 Å². The van der Waals surface area contributed by atoms with Crippen LogP contribution in [0.15, 0.2) is 6.20 Å². The number of unbranched alkanes of at least 4 members (excludes halogenated alkanes) is 4. The number of aromatic nitrogens is 3. The molecule has 0 unspecified atom stereocenters. The normalized spacial score (nSPS) is 8.57. The van der Waals surface area contributed by atoms with Gasteiger partial charge < -0.3 is 0 Å². The van der Waals surface area contributed by atoms with E-state index in [2.05, 4.69) is 30.4 Å². The van der Waals surface area contributed by atoms with Crippen LogP contribution in [0.25, 0.3) is 0 Å². The topological polar surface area (TPSA) is 30.7 Å². The van der Waals surface area contributed by atoms with E-state index in [4.69, 9.17) is 0 Å². The van der Waals surface area contributed by atoms with Crippen molar-refractivity contribution in [3.05, 3.63) is 11.9 Å². The van der Waals surface area contributed by atoms with E-state index < -0.39 is 0 Å². The van der Waals surface area contributed by atoms with Crippen molar-refractivity contribution in [1.82, 2.24) is 15.0 Å². The Morgan fingerprint density at radius 2 is 1.38 bits per heavy atom. The smallest absolute Gasteiger partial charge is 0.0827 e. The van der Waals surface area contributed by atoms with Crippen LogP contribution in [0, 0.1) is 0 Å². The molecule has 0 aliphatic carbocycles. The SMILES string of the molecule is CC.CC.CC.CCCCCCn1cc(CCCC)nn1. The largest absolute Gasteiger partial charge is 0.252 e. The molecule has 0 amide bonds. The fraction of sp³-hybridized carbons (Fsp3) is 0.889. The van der Waals surface area contributed by atoms with Crippen molar-refractivity contribution in [2.45, 2.75) is 107 Å². The van der Waals surface area contributed by atoms with Crippen molar-refractivity contribution in [3.8, 4) is 0 Å². The van der Waals surface area contributed by atoms with Gasteiger partial charge in [-0.15, -0.1) is 5.10 Å². The number of rotatable bonds is 8. The first kappa shape index (κ1) is 25.1. The van der Waals surface area contributed by atoms with Crippen LogP contribution in [0.2, 0.25) is 0 Å². The van der Waals surface area contributed by atoms with E-state index in [1.165, 1.54) is 38.5 Å². The average Bonchev–Trinajstić information content (AvgIpc) is 3.03. The Balaban J connectivity index is -0.000000478. The molecule has 0 aliphatic rings. The fourth-order valence-corrected chi connectivity index (χ4v) is 1.62. The van der Waals surface area contributed by atoms with Gasteiger partial charge in [0.1, 0.15) is 0 Å². The van der Waals surface area contributed by atoms with Crippen LogP contribution in [0.3, 0.4) is 0 Å². The molecule has 3 nitrogen and oxygen atoms in total. The first-order valence-electron chi connectivity index (χ1n) is 9.25. The van der Waals surface area contributed by atoms with Crippen LogP contribution in [0.5, 0.6) is 0 Å². The van der Waals surface area contributed by atoms with Crippen LogP contribution < -0.4 is 0 Å². The van der Waals surface area contributed by atoms with E-state index in [0.717, 1.165) is 18.7 Å². The Morgan fingerprint density at radius 1 is 0.810 bits per heavy atom. The molecule has 0 radical (unpaired) electrons. The Labute approximate surface area is 134 Å². The Bertz CT molecular complexity index is 257. The van der Waals surface area contributed by atoms with Crippen molar-refractivity contribution in [1.29, 1.82) is 0 Å². The Morgan fingerprint density at radius 3 is 1.90 bits per heavy atom. The summed E-state index contributed by atoms with van der Waals surface area (Å²) in [4.78, 5) is 0. The van der Waals surface area contributed by atoms with Crippen LogP contribution in [-0.2, 0) is 13.0 Å². The highest BCUT2D eigenvalue weighted by molar-refractivity contribution is 4.91. The summed E-state index contributed by atoms with van der Waals surface area (Å²) in [7, 11) is 0. The molecule has 0 atom stereocenters. The molecule has 0 aliphatic heterocycles. The van der Waals surface area contributed by atoms with Gasteiger partial charge in [-0.1, -0.05) is 86.3 Å². The van der Waals surface area contributed by atoms with Gasteiger partial charge in [0.05, 0.1) is 5.69 Å². The summed E-state index contributed by atoms with van der Waals surface area (Å²) >= 11 is 0. The van der Waals surface area contributed by atoms with Gasteiger partial charge in [-0.05, 0) is 19.3 Å². The highest BCUT2D eigenvalue weighted by Gasteiger charge is 1.99. The average molecular weight is 300 g/mol. The zero-order valence-corrected chi connectivity index (χ0v) is 16.1. The van der Waals surface area contributed by atoms with E-state index in [1.54, 1.807) is 0 Å². The molecule has 21 heavy (non-hydrogen) atoms. The van der Waals surface area contributed by atoms with Gasteiger partial charge in [0.15, 0.2) is 0 Å². The van der Waals surface area contributed by atoms with E-state index in [0.29, 0.717) is 0 Å². The van der Waals surface area contributed by atoms with Gasteiger partial charge in [-0.2, -0.15) is 0 Å². The number of nitrogens with zero attached hydrogens (tertiary/aromatic N) is 3. The molecule has 0 aromatic carbocycles. The number of hydrogen-bond donors (Lipinski definition) is 0. The van der Waals surface area contributed by atoms with Crippen LogP contribution in [-0.4, -0.2) is 15.0 Å². The molecular formula is C18H41N3. The van der Waals surface area contributed by atoms with Gasteiger partial charge >= 0.3 is 0 Å². The monoisotopic (exact) mass is 299 g/mol. The van der Waals surface area contributed by atoms with Gasteiger partial charge in [0.25, 0.3) is 0 Å². The van der Waals surface area contributed by atoms with Gasteiger partial charge in [0, 0.05) is 12.7 Å². The number of aryl methyl sites for hydroxylation is 2. The lowest BCUT2D eigenvalue weighted by Crippen LogP contribution is -1.98. The van der Waals surface area contributed by atoms with Gasteiger partial charge in [-0.25, -0.2) is 0 Å². The standard InChI is InChI=1S/C12H23N3.3C2H6/c1-3-5-7-8-10-15-11-12(13-14-15)9-6-4-2;3*1-2/h11H,3-10H2,1-2H3;3*1-2H3. The van der Waals surface area contributed by atoms with Gasteiger partial charge in [0.2, 0.25) is 0 Å². The summed E-state index contributed by atoms with van der Waals surface area (Å²) in [6, 6.07) is 0. The van der Waals surface area contributed by atoms with E-state index in [9.17, 15) is 0 Å². The molecule has 0 fully saturated rings. The molecule has 1 aromatic heterocycles. The minimum absolute atomic E-state index is 1.03. The summed E-state index contributed by atoms with van der Waals surface area (Å²) in [5.74, 6) is 0. The van der Waals surface area contributed by atoms with Crippen LogP contribution in [0.4, 0.5) is 0 Å². The highest BCUT2D eigenvalue weighted by Crippen LogP contribution is 2.03. The third-order valence-electron chi connectivity index (χ3n) is 2.61. The molecule has 128 valence electrons. The quantitative estimate of drug-likeness (QED) is 0.529. The third kappa shape index (κ3) is 17.1. The molecule has 0 saturated carbocycles. The molecule has 1 aromatic rings. The molecule has 0 saturated heterocycles. The van der Waals surface area contributed by atoms with Crippen molar-refractivity contribution in [2.24, 2.45) is 0 Å². The first-order valence-corrected chi connectivity index (χ1v) is 9.25. The second kappa shape index (κ2) is 24.2. The Kier molecular flexibility index (Phi) is 28.9. The predicted octanol–water partition coefficient (Wildman–Crippen LogP) is 6.28. The molecule has 0 N–H and O–H groups in total. The maximum absolute atomic E-state index is 4.17. The van der Waals surface area contributed by atoms with E-state index in [1.807, 2.05) is 46.2 Å². The maximum Gasteiger partial charge on any atom is 0.0827 e. The summed E-state index contributed by atoms with van der Waals surface area (Å²) in [6.45, 7) is 17.5.